The number of alkyl halides is 6. The predicted octanol–water partition coefficient (Wildman–Crippen LogP) is 10.9. The highest BCUT2D eigenvalue weighted by Crippen LogP contribution is 2.56. The fraction of sp³-hybridized carbons (Fsp3) is 0.116. The van der Waals surface area contributed by atoms with Crippen LogP contribution in [0.1, 0.15) is 22.3 Å². The summed E-state index contributed by atoms with van der Waals surface area (Å²) in [4.78, 5) is -1.04. The van der Waals surface area contributed by atoms with E-state index in [1.165, 1.54) is 67.8 Å². The minimum absolute atomic E-state index is 0.00587. The van der Waals surface area contributed by atoms with Gasteiger partial charge in [-0.25, -0.2) is 8.42 Å². The standard InChI is InChI=1S/C43H30F6O9S2/c1-4-28-23-27(2)24-36(25-28)57-35-17-22-39(40(26-35)60(52,53)54)58-34-15-20-38(21-16-34)59(50,51)37-18-13-33(14-19-37)56-32-11-7-30(8-12-32)41(42(44,45)46,43(47,48)49)29-5-9-31(55-3)10-6-29/h1,5-26H,2-3H3,(H,52,53,54). The van der Waals surface area contributed by atoms with Gasteiger partial charge < -0.3 is 18.9 Å². The van der Waals surface area contributed by atoms with Gasteiger partial charge in [0.25, 0.3) is 10.1 Å². The van der Waals surface area contributed by atoms with Gasteiger partial charge >= 0.3 is 12.4 Å². The third-order valence-corrected chi connectivity index (χ3v) is 11.7. The van der Waals surface area contributed by atoms with Crippen molar-refractivity contribution in [2.45, 2.75) is 39.4 Å². The van der Waals surface area contributed by atoms with Crippen LogP contribution in [-0.4, -0.2) is 40.9 Å². The summed E-state index contributed by atoms with van der Waals surface area (Å²) in [6, 6.07) is 24.9. The molecular formula is C43H30F6O9S2. The van der Waals surface area contributed by atoms with Crippen LogP contribution in [0.5, 0.6) is 40.2 Å². The van der Waals surface area contributed by atoms with Crippen molar-refractivity contribution in [2.75, 3.05) is 7.11 Å². The van der Waals surface area contributed by atoms with Crippen LogP contribution in [0.3, 0.4) is 0 Å². The third-order valence-electron chi connectivity index (χ3n) is 9.04. The smallest absolute Gasteiger partial charge is 0.411 e. The van der Waals surface area contributed by atoms with Crippen molar-refractivity contribution < 1.29 is 66.7 Å². The lowest BCUT2D eigenvalue weighted by molar-refractivity contribution is -0.288. The number of hydrogen-bond donors (Lipinski definition) is 1. The van der Waals surface area contributed by atoms with E-state index in [0.29, 0.717) is 35.6 Å². The van der Waals surface area contributed by atoms with Crippen LogP contribution in [0.2, 0.25) is 0 Å². The topological polar surface area (TPSA) is 125 Å². The first-order chi connectivity index (χ1) is 28.1. The summed E-state index contributed by atoms with van der Waals surface area (Å²) in [5.74, 6) is 2.49. The minimum atomic E-state index is -5.80. The number of benzene rings is 6. The Morgan fingerprint density at radius 1 is 0.550 bits per heavy atom. The number of rotatable bonds is 12. The second-order valence-corrected chi connectivity index (χ2v) is 16.4. The van der Waals surface area contributed by atoms with Crippen molar-refractivity contribution in [3.63, 3.8) is 0 Å². The molecule has 6 aromatic rings. The molecule has 0 heterocycles. The van der Waals surface area contributed by atoms with E-state index in [1.54, 1.807) is 25.1 Å². The van der Waals surface area contributed by atoms with Crippen molar-refractivity contribution in [2.24, 2.45) is 0 Å². The van der Waals surface area contributed by atoms with Crippen molar-refractivity contribution in [3.05, 3.63) is 156 Å². The molecule has 17 heteroatoms. The van der Waals surface area contributed by atoms with E-state index in [9.17, 15) is 47.7 Å². The number of halogens is 6. The summed E-state index contributed by atoms with van der Waals surface area (Å²) in [5.41, 5.74) is -5.25. The van der Waals surface area contributed by atoms with Crippen molar-refractivity contribution in [3.8, 4) is 52.6 Å². The fourth-order valence-electron chi connectivity index (χ4n) is 6.23. The van der Waals surface area contributed by atoms with E-state index in [-0.39, 0.29) is 44.3 Å². The predicted molar refractivity (Wildman–Crippen MR) is 206 cm³/mol. The largest absolute Gasteiger partial charge is 0.497 e. The number of aryl methyl sites for hydroxylation is 1. The molecule has 310 valence electrons. The minimum Gasteiger partial charge on any atom is -0.497 e. The first-order valence-electron chi connectivity index (χ1n) is 17.2. The Morgan fingerprint density at radius 3 is 1.43 bits per heavy atom. The Balaban J connectivity index is 1.17. The van der Waals surface area contributed by atoms with Gasteiger partial charge in [0.2, 0.25) is 15.3 Å². The summed E-state index contributed by atoms with van der Waals surface area (Å²) >= 11 is 0. The molecule has 0 unspecified atom stereocenters. The van der Waals surface area contributed by atoms with Gasteiger partial charge in [0.1, 0.15) is 45.1 Å². The number of terminal acetylenes is 1. The number of methoxy groups -OCH3 is 1. The lowest BCUT2D eigenvalue weighted by atomic mass is 9.73. The van der Waals surface area contributed by atoms with Crippen molar-refractivity contribution in [1.82, 2.24) is 0 Å². The lowest BCUT2D eigenvalue weighted by Crippen LogP contribution is -2.54. The molecule has 6 rings (SSSR count). The Morgan fingerprint density at radius 2 is 0.983 bits per heavy atom. The molecule has 0 aliphatic carbocycles. The van der Waals surface area contributed by atoms with E-state index < -0.39 is 53.7 Å². The molecule has 0 saturated heterocycles. The molecule has 0 spiro atoms. The molecule has 60 heavy (non-hydrogen) atoms. The molecule has 0 fully saturated rings. The van der Waals surface area contributed by atoms with Gasteiger partial charge in [-0.05, 0) is 127 Å². The molecule has 0 aromatic heterocycles. The van der Waals surface area contributed by atoms with Gasteiger partial charge in [-0.2, -0.15) is 34.8 Å². The van der Waals surface area contributed by atoms with Gasteiger partial charge in [-0.15, -0.1) is 6.42 Å². The Bertz CT molecular complexity index is 2770. The molecule has 0 amide bonds. The highest BCUT2D eigenvalue weighted by Gasteiger charge is 2.72. The average Bonchev–Trinajstić information content (AvgIpc) is 3.18. The van der Waals surface area contributed by atoms with E-state index >= 15 is 0 Å². The normalized spacial score (nSPS) is 12.3. The van der Waals surface area contributed by atoms with Gasteiger partial charge in [0.15, 0.2) is 0 Å². The van der Waals surface area contributed by atoms with Crippen LogP contribution in [0.15, 0.2) is 148 Å². The van der Waals surface area contributed by atoms with Crippen LogP contribution in [-0.2, 0) is 25.4 Å². The molecule has 9 nitrogen and oxygen atoms in total. The van der Waals surface area contributed by atoms with E-state index in [4.69, 9.17) is 25.4 Å². The fourth-order valence-corrected chi connectivity index (χ4v) is 8.12. The molecule has 1 N–H and O–H groups in total. The highest BCUT2D eigenvalue weighted by atomic mass is 32.2. The monoisotopic (exact) mass is 868 g/mol. The molecule has 0 saturated carbocycles. The molecular weight excluding hydrogens is 839 g/mol. The molecule has 0 bridgehead atoms. The van der Waals surface area contributed by atoms with Gasteiger partial charge in [0.05, 0.1) is 16.9 Å². The molecule has 0 aliphatic rings. The van der Waals surface area contributed by atoms with Crippen LogP contribution in [0, 0.1) is 19.3 Å². The molecule has 0 aliphatic heterocycles. The zero-order valence-electron chi connectivity index (χ0n) is 31.1. The zero-order chi connectivity index (χ0) is 43.7. The summed E-state index contributed by atoms with van der Waals surface area (Å²) in [6.07, 6.45) is -6.13. The molecule has 0 atom stereocenters. The second kappa shape index (κ2) is 16.3. The maximum Gasteiger partial charge on any atom is 0.411 e. The van der Waals surface area contributed by atoms with Gasteiger partial charge in [-0.3, -0.25) is 4.55 Å². The number of ether oxygens (including phenoxy) is 4. The summed E-state index contributed by atoms with van der Waals surface area (Å²) < 4.78 is 170. The quantitative estimate of drug-likeness (QED) is 0.0727. The summed E-state index contributed by atoms with van der Waals surface area (Å²) in [6.45, 7) is 1.79. The van der Waals surface area contributed by atoms with Crippen molar-refractivity contribution >= 4 is 20.0 Å². The Hall–Kier alpha value is -6.48. The van der Waals surface area contributed by atoms with Crippen LogP contribution in [0.25, 0.3) is 0 Å². The van der Waals surface area contributed by atoms with Crippen LogP contribution >= 0.6 is 0 Å². The number of hydrogen-bond acceptors (Lipinski definition) is 8. The SMILES string of the molecule is C#Cc1cc(C)cc(Oc2ccc(Oc3ccc(S(=O)(=O)c4ccc(Oc5ccc(C(c6ccc(OC)cc6)(C(F)(F)F)C(F)(F)F)cc5)cc4)cc3)c(S(=O)(=O)O)c2)c1. The summed E-state index contributed by atoms with van der Waals surface area (Å²) in [5, 5.41) is 0. The Kier molecular flexibility index (Phi) is 11.7. The Labute approximate surface area is 340 Å². The van der Waals surface area contributed by atoms with Gasteiger partial charge in [-0.1, -0.05) is 30.2 Å². The van der Waals surface area contributed by atoms with E-state index in [1.807, 2.05) is 0 Å². The lowest BCUT2D eigenvalue weighted by Gasteiger charge is -2.38. The third kappa shape index (κ3) is 8.76. The summed E-state index contributed by atoms with van der Waals surface area (Å²) in [7, 11) is -7.79. The average molecular weight is 869 g/mol. The highest BCUT2D eigenvalue weighted by molar-refractivity contribution is 7.91. The van der Waals surface area contributed by atoms with Gasteiger partial charge in [0, 0.05) is 11.6 Å². The second-order valence-electron chi connectivity index (χ2n) is 13.0. The van der Waals surface area contributed by atoms with Crippen molar-refractivity contribution in [1.29, 1.82) is 0 Å². The van der Waals surface area contributed by atoms with Crippen LogP contribution in [0.4, 0.5) is 26.3 Å². The van der Waals surface area contributed by atoms with Crippen LogP contribution < -0.4 is 18.9 Å². The molecule has 6 aromatic carbocycles. The first-order valence-corrected chi connectivity index (χ1v) is 20.2. The first kappa shape index (κ1) is 43.1. The van der Waals surface area contributed by atoms with E-state index in [0.717, 1.165) is 35.9 Å². The maximum absolute atomic E-state index is 14.5. The van der Waals surface area contributed by atoms with E-state index in [2.05, 4.69) is 5.92 Å². The number of sulfone groups is 1. The zero-order valence-corrected chi connectivity index (χ0v) is 32.7. The maximum atomic E-state index is 14.5. The molecule has 0 radical (unpaired) electrons.